The SMILES string of the molecule is CN(C)Cc1ccc(C2CNCCO2)cc1Br. The van der Waals surface area contributed by atoms with Crippen LogP contribution in [0, 0.1) is 0 Å². The lowest BCUT2D eigenvalue weighted by atomic mass is 10.1. The maximum Gasteiger partial charge on any atom is 0.0950 e. The number of morpholine rings is 1. The number of hydrogen-bond acceptors (Lipinski definition) is 3. The third-order valence-electron chi connectivity index (χ3n) is 2.86. The lowest BCUT2D eigenvalue weighted by molar-refractivity contribution is 0.0276. The maximum atomic E-state index is 5.75. The second-order valence-electron chi connectivity index (χ2n) is 4.65. The molecule has 1 aliphatic heterocycles. The van der Waals surface area contributed by atoms with Crippen LogP contribution in [-0.4, -0.2) is 38.7 Å². The van der Waals surface area contributed by atoms with Gasteiger partial charge >= 0.3 is 0 Å². The van der Waals surface area contributed by atoms with Crippen molar-refractivity contribution in [3.8, 4) is 0 Å². The highest BCUT2D eigenvalue weighted by Crippen LogP contribution is 2.25. The fourth-order valence-electron chi connectivity index (χ4n) is 2.01. The van der Waals surface area contributed by atoms with Crippen LogP contribution < -0.4 is 5.32 Å². The minimum absolute atomic E-state index is 0.188. The Hall–Kier alpha value is -0.420. The van der Waals surface area contributed by atoms with Gasteiger partial charge in [0.25, 0.3) is 0 Å². The van der Waals surface area contributed by atoms with Crippen molar-refractivity contribution in [3.63, 3.8) is 0 Å². The zero-order chi connectivity index (χ0) is 12.3. The van der Waals surface area contributed by atoms with Gasteiger partial charge in [-0.25, -0.2) is 0 Å². The molecule has 0 spiro atoms. The van der Waals surface area contributed by atoms with Crippen LogP contribution in [0.4, 0.5) is 0 Å². The van der Waals surface area contributed by atoms with Crippen molar-refractivity contribution >= 4 is 15.9 Å². The van der Waals surface area contributed by atoms with E-state index in [1.54, 1.807) is 0 Å². The number of nitrogens with zero attached hydrogens (tertiary/aromatic N) is 1. The summed E-state index contributed by atoms with van der Waals surface area (Å²) in [5.41, 5.74) is 2.55. The Kier molecular flexibility index (Phi) is 4.56. The smallest absolute Gasteiger partial charge is 0.0950 e. The van der Waals surface area contributed by atoms with Gasteiger partial charge < -0.3 is 15.0 Å². The monoisotopic (exact) mass is 298 g/mol. The van der Waals surface area contributed by atoms with Gasteiger partial charge in [0.05, 0.1) is 12.7 Å². The third kappa shape index (κ3) is 3.52. The normalized spacial score (nSPS) is 20.8. The quantitative estimate of drug-likeness (QED) is 0.926. The van der Waals surface area contributed by atoms with Crippen molar-refractivity contribution in [2.45, 2.75) is 12.6 Å². The van der Waals surface area contributed by atoms with Crippen LogP contribution in [-0.2, 0) is 11.3 Å². The highest BCUT2D eigenvalue weighted by Gasteiger charge is 2.16. The molecule has 2 rings (SSSR count). The summed E-state index contributed by atoms with van der Waals surface area (Å²) in [7, 11) is 4.16. The molecule has 1 heterocycles. The van der Waals surface area contributed by atoms with Gasteiger partial charge in [0.2, 0.25) is 0 Å². The number of hydrogen-bond donors (Lipinski definition) is 1. The lowest BCUT2D eigenvalue weighted by Crippen LogP contribution is -2.33. The summed E-state index contributed by atoms with van der Waals surface area (Å²) in [5, 5.41) is 3.35. The molecule has 0 amide bonds. The fourth-order valence-corrected chi connectivity index (χ4v) is 2.53. The zero-order valence-corrected chi connectivity index (χ0v) is 12.0. The Morgan fingerprint density at radius 3 is 2.88 bits per heavy atom. The average Bonchev–Trinajstić information content (AvgIpc) is 2.32. The number of benzene rings is 1. The third-order valence-corrected chi connectivity index (χ3v) is 3.60. The zero-order valence-electron chi connectivity index (χ0n) is 10.4. The average molecular weight is 299 g/mol. The van der Waals surface area contributed by atoms with E-state index in [0.29, 0.717) is 0 Å². The van der Waals surface area contributed by atoms with Crippen molar-refractivity contribution < 1.29 is 4.74 Å². The first-order chi connectivity index (χ1) is 8.16. The molecule has 0 aromatic heterocycles. The molecule has 1 aliphatic rings. The van der Waals surface area contributed by atoms with Crippen LogP contribution in [0.15, 0.2) is 22.7 Å². The highest BCUT2D eigenvalue weighted by molar-refractivity contribution is 9.10. The maximum absolute atomic E-state index is 5.75. The molecule has 1 aromatic carbocycles. The number of nitrogens with one attached hydrogen (secondary N) is 1. The van der Waals surface area contributed by atoms with E-state index in [0.717, 1.165) is 30.7 Å². The van der Waals surface area contributed by atoms with E-state index in [2.05, 4.69) is 58.4 Å². The lowest BCUT2D eigenvalue weighted by Gasteiger charge is -2.24. The Balaban J connectivity index is 2.12. The molecule has 1 fully saturated rings. The number of ether oxygens (including phenoxy) is 1. The predicted molar refractivity (Wildman–Crippen MR) is 73.1 cm³/mol. The Morgan fingerprint density at radius 1 is 1.47 bits per heavy atom. The standard InChI is InChI=1S/C13H19BrN2O/c1-16(2)9-11-4-3-10(7-12(11)14)13-8-15-5-6-17-13/h3-4,7,13,15H,5-6,8-9H2,1-2H3. The van der Waals surface area contributed by atoms with Gasteiger partial charge in [-0.1, -0.05) is 28.1 Å². The van der Waals surface area contributed by atoms with E-state index in [9.17, 15) is 0 Å². The second kappa shape index (κ2) is 5.96. The van der Waals surface area contributed by atoms with E-state index in [1.165, 1.54) is 11.1 Å². The first-order valence-corrected chi connectivity index (χ1v) is 6.71. The molecule has 4 heteroatoms. The van der Waals surface area contributed by atoms with Gasteiger partial charge in [-0.3, -0.25) is 0 Å². The van der Waals surface area contributed by atoms with Crippen LogP contribution in [0.3, 0.4) is 0 Å². The van der Waals surface area contributed by atoms with Crippen LogP contribution >= 0.6 is 15.9 Å². The first kappa shape index (κ1) is 13.0. The molecule has 1 unspecified atom stereocenters. The summed E-state index contributed by atoms with van der Waals surface area (Å²) in [4.78, 5) is 2.17. The molecular formula is C13H19BrN2O. The van der Waals surface area contributed by atoms with E-state index in [1.807, 2.05) is 0 Å². The van der Waals surface area contributed by atoms with E-state index in [4.69, 9.17) is 4.74 Å². The molecule has 0 saturated carbocycles. The molecule has 0 bridgehead atoms. The fraction of sp³-hybridized carbons (Fsp3) is 0.538. The van der Waals surface area contributed by atoms with Gasteiger partial charge in [0.1, 0.15) is 0 Å². The Bertz CT molecular complexity index is 376. The minimum Gasteiger partial charge on any atom is -0.371 e. The predicted octanol–water partition coefficient (Wildman–Crippen LogP) is 2.17. The van der Waals surface area contributed by atoms with Gasteiger partial charge in [-0.05, 0) is 31.3 Å². The Morgan fingerprint density at radius 2 is 2.29 bits per heavy atom. The molecule has 1 N–H and O–H groups in total. The topological polar surface area (TPSA) is 24.5 Å². The summed E-state index contributed by atoms with van der Waals surface area (Å²) in [6.45, 7) is 3.60. The van der Waals surface area contributed by atoms with Crippen LogP contribution in [0.2, 0.25) is 0 Å². The molecule has 0 aliphatic carbocycles. The number of halogens is 1. The van der Waals surface area contributed by atoms with Crippen molar-refractivity contribution in [2.24, 2.45) is 0 Å². The molecular weight excluding hydrogens is 280 g/mol. The van der Waals surface area contributed by atoms with Gasteiger partial charge in [0.15, 0.2) is 0 Å². The van der Waals surface area contributed by atoms with E-state index >= 15 is 0 Å². The van der Waals surface area contributed by atoms with Crippen molar-refractivity contribution in [1.82, 2.24) is 10.2 Å². The largest absolute Gasteiger partial charge is 0.371 e. The van der Waals surface area contributed by atoms with Gasteiger partial charge in [-0.2, -0.15) is 0 Å². The molecule has 3 nitrogen and oxygen atoms in total. The summed E-state index contributed by atoms with van der Waals surface area (Å²) >= 11 is 3.64. The molecule has 1 atom stereocenters. The van der Waals surface area contributed by atoms with Crippen LogP contribution in [0.25, 0.3) is 0 Å². The minimum atomic E-state index is 0.188. The second-order valence-corrected chi connectivity index (χ2v) is 5.51. The summed E-state index contributed by atoms with van der Waals surface area (Å²) in [6.07, 6.45) is 0.188. The van der Waals surface area contributed by atoms with Crippen LogP contribution in [0.1, 0.15) is 17.2 Å². The molecule has 0 radical (unpaired) electrons. The summed E-state index contributed by atoms with van der Waals surface area (Å²) < 4.78 is 6.91. The van der Waals surface area contributed by atoms with Gasteiger partial charge in [-0.15, -0.1) is 0 Å². The van der Waals surface area contributed by atoms with Crippen molar-refractivity contribution in [2.75, 3.05) is 33.8 Å². The van der Waals surface area contributed by atoms with Crippen LogP contribution in [0.5, 0.6) is 0 Å². The summed E-state index contributed by atoms with van der Waals surface area (Å²) in [6, 6.07) is 6.52. The summed E-state index contributed by atoms with van der Waals surface area (Å²) in [5.74, 6) is 0. The molecule has 1 aromatic rings. The first-order valence-electron chi connectivity index (χ1n) is 5.92. The van der Waals surface area contributed by atoms with E-state index < -0.39 is 0 Å². The molecule has 17 heavy (non-hydrogen) atoms. The highest BCUT2D eigenvalue weighted by atomic mass is 79.9. The molecule has 1 saturated heterocycles. The number of rotatable bonds is 3. The molecule has 94 valence electrons. The van der Waals surface area contributed by atoms with Gasteiger partial charge in [0, 0.05) is 24.1 Å². The Labute approximate surface area is 111 Å². The van der Waals surface area contributed by atoms with Crippen molar-refractivity contribution in [3.05, 3.63) is 33.8 Å². The van der Waals surface area contributed by atoms with Crippen molar-refractivity contribution in [1.29, 1.82) is 0 Å². The van der Waals surface area contributed by atoms with E-state index in [-0.39, 0.29) is 6.10 Å².